The number of ether oxygens (including phenoxy) is 1. The summed E-state index contributed by atoms with van der Waals surface area (Å²) in [6, 6.07) is 10.2. The highest BCUT2D eigenvalue weighted by Gasteiger charge is 2.44. The topological polar surface area (TPSA) is 53.3 Å². The average Bonchev–Trinajstić information content (AvgIpc) is 3.32. The SMILES string of the molecule is CC1CCOCCN1C(=O)c1ccc(C2(C#N)CC2)cc1. The van der Waals surface area contributed by atoms with Crippen molar-refractivity contribution in [2.45, 2.75) is 37.6 Å². The van der Waals surface area contributed by atoms with E-state index in [0.29, 0.717) is 25.3 Å². The van der Waals surface area contributed by atoms with Gasteiger partial charge in [0.05, 0.1) is 18.1 Å². The van der Waals surface area contributed by atoms with E-state index >= 15 is 0 Å². The number of hydrogen-bond donors (Lipinski definition) is 0. The molecule has 1 aliphatic heterocycles. The number of amides is 1. The van der Waals surface area contributed by atoms with Crippen molar-refractivity contribution in [3.05, 3.63) is 35.4 Å². The molecular formula is C17H20N2O2. The Hall–Kier alpha value is -1.86. The second kappa shape index (κ2) is 5.50. The van der Waals surface area contributed by atoms with E-state index in [-0.39, 0.29) is 17.4 Å². The summed E-state index contributed by atoms with van der Waals surface area (Å²) in [4.78, 5) is 14.5. The molecule has 0 N–H and O–H groups in total. The van der Waals surface area contributed by atoms with Gasteiger partial charge >= 0.3 is 0 Å². The van der Waals surface area contributed by atoms with Gasteiger partial charge in [-0.3, -0.25) is 4.79 Å². The molecule has 0 spiro atoms. The normalized spacial score (nSPS) is 24.0. The zero-order valence-electron chi connectivity index (χ0n) is 12.3. The van der Waals surface area contributed by atoms with Crippen LogP contribution in [0.3, 0.4) is 0 Å². The van der Waals surface area contributed by atoms with E-state index in [4.69, 9.17) is 4.74 Å². The van der Waals surface area contributed by atoms with Crippen molar-refractivity contribution in [2.24, 2.45) is 0 Å². The maximum Gasteiger partial charge on any atom is 0.254 e. The van der Waals surface area contributed by atoms with Gasteiger partial charge in [-0.1, -0.05) is 12.1 Å². The third-order valence-electron chi connectivity index (χ3n) is 4.60. The van der Waals surface area contributed by atoms with Gasteiger partial charge in [0, 0.05) is 24.8 Å². The lowest BCUT2D eigenvalue weighted by Gasteiger charge is -2.26. The Labute approximate surface area is 125 Å². The number of rotatable bonds is 2. The van der Waals surface area contributed by atoms with Gasteiger partial charge in [0.25, 0.3) is 5.91 Å². The van der Waals surface area contributed by atoms with Gasteiger partial charge < -0.3 is 9.64 Å². The first-order chi connectivity index (χ1) is 10.2. The molecule has 4 nitrogen and oxygen atoms in total. The maximum atomic E-state index is 12.6. The van der Waals surface area contributed by atoms with Crippen molar-refractivity contribution in [1.29, 1.82) is 5.26 Å². The van der Waals surface area contributed by atoms with Gasteiger partial charge in [-0.05, 0) is 43.9 Å². The molecular weight excluding hydrogens is 264 g/mol. The van der Waals surface area contributed by atoms with E-state index in [1.54, 1.807) is 0 Å². The summed E-state index contributed by atoms with van der Waals surface area (Å²) >= 11 is 0. The monoisotopic (exact) mass is 284 g/mol. The molecule has 2 aliphatic rings. The molecule has 1 heterocycles. The molecule has 110 valence electrons. The predicted molar refractivity (Wildman–Crippen MR) is 78.9 cm³/mol. The van der Waals surface area contributed by atoms with Crippen LogP contribution in [0.4, 0.5) is 0 Å². The van der Waals surface area contributed by atoms with Crippen molar-refractivity contribution in [3.63, 3.8) is 0 Å². The zero-order chi connectivity index (χ0) is 14.9. The summed E-state index contributed by atoms with van der Waals surface area (Å²) in [5, 5.41) is 9.22. The Balaban J connectivity index is 1.77. The van der Waals surface area contributed by atoms with Gasteiger partial charge in [-0.25, -0.2) is 0 Å². The third kappa shape index (κ3) is 2.66. The van der Waals surface area contributed by atoms with E-state index in [1.807, 2.05) is 29.2 Å². The minimum Gasteiger partial charge on any atom is -0.380 e. The Morgan fingerprint density at radius 3 is 2.67 bits per heavy atom. The number of nitrogens with zero attached hydrogens (tertiary/aromatic N) is 2. The van der Waals surface area contributed by atoms with Gasteiger partial charge in [0.2, 0.25) is 0 Å². The van der Waals surface area contributed by atoms with Crippen LogP contribution in [0, 0.1) is 11.3 Å². The molecule has 1 amide bonds. The van der Waals surface area contributed by atoms with Gasteiger partial charge in [0.1, 0.15) is 0 Å². The highest BCUT2D eigenvalue weighted by atomic mass is 16.5. The molecule has 1 aromatic rings. The van der Waals surface area contributed by atoms with Crippen molar-refractivity contribution < 1.29 is 9.53 Å². The molecule has 0 aromatic heterocycles. The number of carbonyl (C=O) groups is 1. The Bertz CT molecular complexity index is 569. The summed E-state index contributed by atoms with van der Waals surface area (Å²) in [6.45, 7) is 4.03. The molecule has 0 bridgehead atoms. The van der Waals surface area contributed by atoms with Crippen LogP contribution in [0.1, 0.15) is 42.1 Å². The van der Waals surface area contributed by atoms with Crippen LogP contribution in [0.5, 0.6) is 0 Å². The zero-order valence-corrected chi connectivity index (χ0v) is 12.3. The third-order valence-corrected chi connectivity index (χ3v) is 4.60. The molecule has 21 heavy (non-hydrogen) atoms. The lowest BCUT2D eigenvalue weighted by molar-refractivity contribution is 0.0687. The number of carbonyl (C=O) groups excluding carboxylic acids is 1. The lowest BCUT2D eigenvalue weighted by atomic mass is 9.96. The van der Waals surface area contributed by atoms with Gasteiger partial charge in [-0.2, -0.15) is 5.26 Å². The van der Waals surface area contributed by atoms with Crippen molar-refractivity contribution in [3.8, 4) is 6.07 Å². The molecule has 0 radical (unpaired) electrons. The molecule has 2 fully saturated rings. The van der Waals surface area contributed by atoms with E-state index in [1.165, 1.54) is 0 Å². The van der Waals surface area contributed by atoms with Crippen molar-refractivity contribution >= 4 is 5.91 Å². The Morgan fingerprint density at radius 2 is 2.05 bits per heavy atom. The van der Waals surface area contributed by atoms with Gasteiger partial charge in [-0.15, -0.1) is 0 Å². The smallest absolute Gasteiger partial charge is 0.254 e. The minimum atomic E-state index is -0.286. The summed E-state index contributed by atoms with van der Waals surface area (Å²) in [7, 11) is 0. The second-order valence-corrected chi connectivity index (χ2v) is 6.02. The minimum absolute atomic E-state index is 0.0568. The molecule has 1 unspecified atom stereocenters. The average molecular weight is 284 g/mol. The molecule has 3 rings (SSSR count). The molecule has 1 aliphatic carbocycles. The van der Waals surface area contributed by atoms with E-state index < -0.39 is 0 Å². The van der Waals surface area contributed by atoms with Gasteiger partial charge in [0.15, 0.2) is 0 Å². The first-order valence-corrected chi connectivity index (χ1v) is 7.57. The first-order valence-electron chi connectivity index (χ1n) is 7.57. The summed E-state index contributed by atoms with van der Waals surface area (Å²) in [6.07, 6.45) is 2.73. The fourth-order valence-electron chi connectivity index (χ4n) is 2.88. The van der Waals surface area contributed by atoms with E-state index in [2.05, 4.69) is 13.0 Å². The highest BCUT2D eigenvalue weighted by Crippen LogP contribution is 2.47. The molecule has 1 saturated carbocycles. The number of nitriles is 1. The summed E-state index contributed by atoms with van der Waals surface area (Å²) in [5.74, 6) is 0.0568. The van der Waals surface area contributed by atoms with Crippen LogP contribution in [0.25, 0.3) is 0 Å². The quantitative estimate of drug-likeness (QED) is 0.838. The van der Waals surface area contributed by atoms with E-state index in [0.717, 1.165) is 24.8 Å². The molecule has 4 heteroatoms. The molecule has 1 saturated heterocycles. The first kappa shape index (κ1) is 14.1. The number of hydrogen-bond acceptors (Lipinski definition) is 3. The number of benzene rings is 1. The van der Waals surface area contributed by atoms with Crippen molar-refractivity contribution in [1.82, 2.24) is 4.90 Å². The van der Waals surface area contributed by atoms with Crippen LogP contribution in [-0.2, 0) is 10.2 Å². The second-order valence-electron chi connectivity index (χ2n) is 6.02. The summed E-state index contributed by atoms with van der Waals surface area (Å²) < 4.78 is 5.44. The van der Waals surface area contributed by atoms with E-state index in [9.17, 15) is 10.1 Å². The van der Waals surface area contributed by atoms with Crippen LogP contribution >= 0.6 is 0 Å². The highest BCUT2D eigenvalue weighted by molar-refractivity contribution is 5.94. The van der Waals surface area contributed by atoms with Crippen LogP contribution < -0.4 is 0 Å². The molecule has 1 aromatic carbocycles. The van der Waals surface area contributed by atoms with Crippen LogP contribution in [-0.4, -0.2) is 36.6 Å². The Morgan fingerprint density at radius 1 is 1.33 bits per heavy atom. The standard InChI is InChI=1S/C17H20N2O2/c1-13-6-10-21-11-9-19(13)16(20)14-2-4-15(5-3-14)17(12-18)7-8-17/h2-5,13H,6-11H2,1H3. The van der Waals surface area contributed by atoms with Crippen molar-refractivity contribution in [2.75, 3.05) is 19.8 Å². The fraction of sp³-hybridized carbons (Fsp3) is 0.529. The van der Waals surface area contributed by atoms with Crippen LogP contribution in [0.15, 0.2) is 24.3 Å². The maximum absolute atomic E-state index is 12.6. The summed E-state index contributed by atoms with van der Waals surface area (Å²) in [5.41, 5.74) is 1.45. The van der Waals surface area contributed by atoms with Crippen LogP contribution in [0.2, 0.25) is 0 Å². The fourth-order valence-corrected chi connectivity index (χ4v) is 2.88. The largest absolute Gasteiger partial charge is 0.380 e. The molecule has 1 atom stereocenters. The Kier molecular flexibility index (Phi) is 3.69. The predicted octanol–water partition coefficient (Wildman–Crippen LogP) is 2.49. The lowest BCUT2D eigenvalue weighted by Crippen LogP contribution is -2.39.